The number of hydrogen-bond acceptors (Lipinski definition) is 4. The lowest BCUT2D eigenvalue weighted by molar-refractivity contribution is -0.129. The Morgan fingerprint density at radius 2 is 1.74 bits per heavy atom. The highest BCUT2D eigenvalue weighted by molar-refractivity contribution is 5.94. The molecule has 2 aliphatic rings. The van der Waals surface area contributed by atoms with Crippen LogP contribution in [0.5, 0.6) is 0 Å². The van der Waals surface area contributed by atoms with Crippen LogP contribution in [0.25, 0.3) is 0 Å². The number of rotatable bonds is 6. The van der Waals surface area contributed by atoms with Gasteiger partial charge < -0.3 is 10.2 Å². The minimum Gasteiger partial charge on any atom is -0.349 e. The van der Waals surface area contributed by atoms with E-state index in [2.05, 4.69) is 15.2 Å². The van der Waals surface area contributed by atoms with Gasteiger partial charge in [0.15, 0.2) is 0 Å². The van der Waals surface area contributed by atoms with E-state index in [0.29, 0.717) is 25.6 Å². The zero-order valence-corrected chi connectivity index (χ0v) is 18.3. The Kier molecular flexibility index (Phi) is 6.97. The third-order valence-electron chi connectivity index (χ3n) is 6.58. The van der Waals surface area contributed by atoms with Crippen molar-refractivity contribution in [1.82, 2.24) is 20.1 Å². The molecule has 6 heteroatoms. The molecule has 0 unspecified atom stereocenters. The highest BCUT2D eigenvalue weighted by Gasteiger charge is 2.37. The molecule has 1 saturated carbocycles. The Labute approximate surface area is 184 Å². The molecule has 164 valence electrons. The fraction of sp³-hybridized carbons (Fsp3) is 0.480. The van der Waals surface area contributed by atoms with Crippen LogP contribution >= 0.6 is 0 Å². The summed E-state index contributed by atoms with van der Waals surface area (Å²) >= 11 is 0. The van der Waals surface area contributed by atoms with Gasteiger partial charge in [-0.3, -0.25) is 19.5 Å². The second-order valence-corrected chi connectivity index (χ2v) is 8.72. The van der Waals surface area contributed by atoms with Crippen molar-refractivity contribution in [1.29, 1.82) is 0 Å². The lowest BCUT2D eigenvalue weighted by Crippen LogP contribution is -2.57. The quantitative estimate of drug-likeness (QED) is 0.780. The van der Waals surface area contributed by atoms with E-state index in [4.69, 9.17) is 0 Å². The van der Waals surface area contributed by atoms with Gasteiger partial charge in [0.05, 0.1) is 18.3 Å². The third-order valence-corrected chi connectivity index (χ3v) is 6.58. The molecule has 1 saturated heterocycles. The van der Waals surface area contributed by atoms with Gasteiger partial charge in [0, 0.05) is 37.9 Å². The Balaban J connectivity index is 1.38. The van der Waals surface area contributed by atoms with E-state index in [0.717, 1.165) is 42.8 Å². The zero-order chi connectivity index (χ0) is 21.6. The molecule has 1 aromatic heterocycles. The number of pyridine rings is 1. The summed E-state index contributed by atoms with van der Waals surface area (Å²) in [5, 5.41) is 3.11. The lowest BCUT2D eigenvalue weighted by atomic mass is 9.95. The van der Waals surface area contributed by atoms with Crippen LogP contribution in [0.1, 0.15) is 47.3 Å². The molecular formula is C25H32N4O2. The van der Waals surface area contributed by atoms with Crippen LogP contribution in [0.15, 0.2) is 48.7 Å². The molecule has 31 heavy (non-hydrogen) atoms. The summed E-state index contributed by atoms with van der Waals surface area (Å²) in [6, 6.07) is 13.4. The van der Waals surface area contributed by atoms with Crippen LogP contribution in [0, 0.1) is 12.8 Å². The zero-order valence-electron chi connectivity index (χ0n) is 18.3. The van der Waals surface area contributed by atoms with Gasteiger partial charge in [0.2, 0.25) is 5.91 Å². The number of amides is 2. The molecule has 1 N–H and O–H groups in total. The van der Waals surface area contributed by atoms with E-state index in [-0.39, 0.29) is 17.9 Å². The molecule has 1 aromatic carbocycles. The average molecular weight is 421 g/mol. The highest BCUT2D eigenvalue weighted by atomic mass is 16.2. The van der Waals surface area contributed by atoms with Gasteiger partial charge in [-0.1, -0.05) is 36.6 Å². The summed E-state index contributed by atoms with van der Waals surface area (Å²) in [4.78, 5) is 34.6. The lowest BCUT2D eigenvalue weighted by Gasteiger charge is -2.40. The molecule has 2 amide bonds. The van der Waals surface area contributed by atoms with E-state index in [1.54, 1.807) is 6.20 Å². The van der Waals surface area contributed by atoms with Gasteiger partial charge in [0.25, 0.3) is 5.91 Å². The summed E-state index contributed by atoms with van der Waals surface area (Å²) in [6.45, 7) is 5.25. The fourth-order valence-corrected chi connectivity index (χ4v) is 4.82. The normalized spacial score (nSPS) is 18.7. The Hall–Kier alpha value is -2.73. The average Bonchev–Trinajstić information content (AvgIpc) is 3.33. The van der Waals surface area contributed by atoms with Crippen molar-refractivity contribution in [2.75, 3.05) is 26.2 Å². The van der Waals surface area contributed by atoms with Crippen LogP contribution in [0.4, 0.5) is 0 Å². The van der Waals surface area contributed by atoms with Crippen LogP contribution in [0.2, 0.25) is 0 Å². The van der Waals surface area contributed by atoms with Gasteiger partial charge in [-0.15, -0.1) is 0 Å². The molecule has 0 spiro atoms. The largest absolute Gasteiger partial charge is 0.349 e. The third kappa shape index (κ3) is 5.31. The Morgan fingerprint density at radius 1 is 1.03 bits per heavy atom. The maximum Gasteiger partial charge on any atom is 0.253 e. The topological polar surface area (TPSA) is 65.5 Å². The number of hydrogen-bond donors (Lipinski definition) is 1. The van der Waals surface area contributed by atoms with E-state index < -0.39 is 0 Å². The van der Waals surface area contributed by atoms with Crippen molar-refractivity contribution >= 4 is 11.8 Å². The van der Waals surface area contributed by atoms with Gasteiger partial charge in [-0.25, -0.2) is 0 Å². The predicted octanol–water partition coefficient (Wildman–Crippen LogP) is 3.02. The van der Waals surface area contributed by atoms with Crippen molar-refractivity contribution in [2.24, 2.45) is 5.92 Å². The van der Waals surface area contributed by atoms with Crippen molar-refractivity contribution in [2.45, 2.75) is 45.2 Å². The SMILES string of the molecule is Cc1ccc(C(=O)N2CCN([C@H](C(=O)NCc3ccccn3)C3CCCC3)CC2)cc1. The Bertz CT molecular complexity index is 870. The first-order valence-electron chi connectivity index (χ1n) is 11.4. The van der Waals surface area contributed by atoms with Gasteiger partial charge in [-0.2, -0.15) is 0 Å². The molecular weight excluding hydrogens is 388 g/mol. The van der Waals surface area contributed by atoms with Crippen molar-refractivity contribution in [3.05, 3.63) is 65.5 Å². The summed E-state index contributed by atoms with van der Waals surface area (Å²) in [6.07, 6.45) is 6.34. The van der Waals surface area contributed by atoms with E-state index in [9.17, 15) is 9.59 Å². The van der Waals surface area contributed by atoms with Gasteiger partial charge in [0.1, 0.15) is 0 Å². The maximum atomic E-state index is 13.2. The molecule has 6 nitrogen and oxygen atoms in total. The number of carbonyl (C=O) groups excluding carboxylic acids is 2. The fourth-order valence-electron chi connectivity index (χ4n) is 4.82. The number of nitrogens with zero attached hydrogens (tertiary/aromatic N) is 3. The molecule has 1 aliphatic heterocycles. The van der Waals surface area contributed by atoms with E-state index in [1.807, 2.05) is 54.3 Å². The van der Waals surface area contributed by atoms with Gasteiger partial charge in [-0.05, 0) is 49.9 Å². The van der Waals surface area contributed by atoms with Crippen molar-refractivity contribution in [3.63, 3.8) is 0 Å². The molecule has 2 heterocycles. The van der Waals surface area contributed by atoms with Crippen LogP contribution in [-0.2, 0) is 11.3 Å². The van der Waals surface area contributed by atoms with Crippen LogP contribution < -0.4 is 5.32 Å². The predicted molar refractivity (Wildman–Crippen MR) is 120 cm³/mol. The molecule has 2 fully saturated rings. The van der Waals surface area contributed by atoms with Crippen LogP contribution in [-0.4, -0.2) is 58.8 Å². The van der Waals surface area contributed by atoms with E-state index in [1.165, 1.54) is 12.8 Å². The summed E-state index contributed by atoms with van der Waals surface area (Å²) < 4.78 is 0. The highest BCUT2D eigenvalue weighted by Crippen LogP contribution is 2.31. The number of aryl methyl sites for hydroxylation is 1. The second-order valence-electron chi connectivity index (χ2n) is 8.72. The Morgan fingerprint density at radius 3 is 2.39 bits per heavy atom. The molecule has 0 radical (unpaired) electrons. The van der Waals surface area contributed by atoms with Crippen molar-refractivity contribution in [3.8, 4) is 0 Å². The van der Waals surface area contributed by atoms with Crippen molar-refractivity contribution < 1.29 is 9.59 Å². The number of piperazine rings is 1. The van der Waals surface area contributed by atoms with E-state index >= 15 is 0 Å². The number of aromatic nitrogens is 1. The molecule has 1 atom stereocenters. The second kappa shape index (κ2) is 10.1. The first kappa shape index (κ1) is 21.5. The first-order chi connectivity index (χ1) is 15.1. The van der Waals surface area contributed by atoms with Gasteiger partial charge >= 0.3 is 0 Å². The minimum atomic E-state index is -0.122. The maximum absolute atomic E-state index is 13.2. The number of carbonyl (C=O) groups is 2. The molecule has 0 bridgehead atoms. The number of nitrogens with one attached hydrogen (secondary N) is 1. The smallest absolute Gasteiger partial charge is 0.253 e. The standard InChI is InChI=1S/C25H32N4O2/c1-19-9-11-21(12-10-19)25(31)29-16-14-28(15-17-29)23(20-6-2-3-7-20)24(30)27-18-22-8-4-5-13-26-22/h4-5,8-13,20,23H,2-3,6-7,14-18H2,1H3,(H,27,30)/t23-/m0/s1. The monoisotopic (exact) mass is 420 g/mol. The van der Waals surface area contributed by atoms with Crippen LogP contribution in [0.3, 0.4) is 0 Å². The summed E-state index contributed by atoms with van der Waals surface area (Å²) in [5.41, 5.74) is 2.76. The first-order valence-corrected chi connectivity index (χ1v) is 11.4. The molecule has 2 aromatic rings. The minimum absolute atomic E-state index is 0.0802. The molecule has 4 rings (SSSR count). The summed E-state index contributed by atoms with van der Waals surface area (Å²) in [5.74, 6) is 0.565. The number of benzene rings is 1. The molecule has 1 aliphatic carbocycles. The summed E-state index contributed by atoms with van der Waals surface area (Å²) in [7, 11) is 0.